The monoisotopic (exact) mass is 600 g/mol. The van der Waals surface area contributed by atoms with Gasteiger partial charge in [-0.1, -0.05) is 29.5 Å². The molecule has 1 saturated heterocycles. The minimum atomic E-state index is -3.83. The van der Waals surface area contributed by atoms with Gasteiger partial charge in [0.15, 0.2) is 0 Å². The van der Waals surface area contributed by atoms with Crippen LogP contribution in [-0.2, 0) is 21.4 Å². The number of hydrogen-bond acceptors (Lipinski definition) is 7. The average Bonchev–Trinajstić information content (AvgIpc) is 3.62. The molecule has 11 heteroatoms. The first-order valence-electron chi connectivity index (χ1n) is 15.0. The molecule has 0 spiro atoms. The highest BCUT2D eigenvalue weighted by atomic mass is 32.2. The van der Waals surface area contributed by atoms with Crippen molar-refractivity contribution in [1.29, 1.82) is 0 Å². The highest BCUT2D eigenvalue weighted by molar-refractivity contribution is 7.89. The number of rotatable bonds is 7. The fourth-order valence-electron chi connectivity index (χ4n) is 7.05. The zero-order chi connectivity index (χ0) is 30.1. The van der Waals surface area contributed by atoms with Crippen molar-refractivity contribution in [2.75, 3.05) is 18.0 Å². The molecular weight excluding hydrogens is 564 g/mol. The van der Waals surface area contributed by atoms with Crippen LogP contribution in [0, 0.1) is 13.8 Å². The predicted octanol–water partition coefficient (Wildman–Crippen LogP) is 4.95. The maximum Gasteiger partial charge on any atom is 0.304 e. The van der Waals surface area contributed by atoms with Crippen LogP contribution < -0.4 is 4.90 Å². The summed E-state index contributed by atoms with van der Waals surface area (Å²) >= 11 is 0. The molecule has 1 unspecified atom stereocenters. The third kappa shape index (κ3) is 4.69. The Balaban J connectivity index is 1.28. The van der Waals surface area contributed by atoms with Crippen LogP contribution in [0.4, 0.5) is 5.82 Å². The van der Waals surface area contributed by atoms with Gasteiger partial charge < -0.3 is 10.0 Å². The number of carbonyl (C=O) groups is 1. The molecule has 224 valence electrons. The van der Waals surface area contributed by atoms with Crippen LogP contribution >= 0.6 is 0 Å². The van der Waals surface area contributed by atoms with Crippen molar-refractivity contribution in [2.45, 2.75) is 81.8 Å². The van der Waals surface area contributed by atoms with Gasteiger partial charge in [-0.15, -0.1) is 5.10 Å². The Kier molecular flexibility index (Phi) is 6.59. The number of aliphatic carboxylic acids is 1. The summed E-state index contributed by atoms with van der Waals surface area (Å²) in [4.78, 5) is 19.1. The third-order valence-corrected chi connectivity index (χ3v) is 11.4. The van der Waals surface area contributed by atoms with Crippen LogP contribution in [0.2, 0.25) is 0 Å². The Bertz CT molecular complexity index is 1870. The lowest BCUT2D eigenvalue weighted by Crippen LogP contribution is -2.49. The Morgan fingerprint density at radius 3 is 2.74 bits per heavy atom. The lowest BCUT2D eigenvalue weighted by atomic mass is 9.84. The molecule has 0 amide bonds. The second-order valence-electron chi connectivity index (χ2n) is 12.6. The number of benzene rings is 2. The summed E-state index contributed by atoms with van der Waals surface area (Å²) in [5, 5.41) is 18.8. The zero-order valence-electron chi connectivity index (χ0n) is 24.7. The molecule has 2 atom stereocenters. The first-order chi connectivity index (χ1) is 20.6. The van der Waals surface area contributed by atoms with Crippen molar-refractivity contribution in [3.63, 3.8) is 0 Å². The molecule has 7 rings (SSSR count). The maximum absolute atomic E-state index is 14.1. The number of nitrogens with zero attached hydrogens (tertiary/aromatic N) is 6. The molecule has 2 aromatic heterocycles. The predicted molar refractivity (Wildman–Crippen MR) is 163 cm³/mol. The number of hydrogen-bond donors (Lipinski definition) is 1. The van der Waals surface area contributed by atoms with Gasteiger partial charge in [0.2, 0.25) is 10.0 Å². The van der Waals surface area contributed by atoms with Gasteiger partial charge in [-0.05, 0) is 92.5 Å². The van der Waals surface area contributed by atoms with Crippen molar-refractivity contribution in [2.24, 2.45) is 0 Å². The number of fused-ring (bicyclic) bond motifs is 4. The van der Waals surface area contributed by atoms with Crippen LogP contribution in [0.25, 0.3) is 11.0 Å². The van der Waals surface area contributed by atoms with E-state index in [-0.39, 0.29) is 23.4 Å². The Labute approximate surface area is 251 Å². The van der Waals surface area contributed by atoms with E-state index in [1.807, 2.05) is 48.9 Å². The topological polar surface area (TPSA) is 122 Å². The number of aryl methyl sites for hydroxylation is 2. The van der Waals surface area contributed by atoms with E-state index in [4.69, 9.17) is 0 Å². The molecule has 3 aliphatic rings. The molecule has 43 heavy (non-hydrogen) atoms. The molecule has 2 aromatic carbocycles. The van der Waals surface area contributed by atoms with E-state index in [0.717, 1.165) is 71.1 Å². The summed E-state index contributed by atoms with van der Waals surface area (Å²) in [6.45, 7) is 7.39. The second kappa shape index (κ2) is 10.1. The summed E-state index contributed by atoms with van der Waals surface area (Å²) in [5.41, 5.74) is 5.86. The van der Waals surface area contributed by atoms with Gasteiger partial charge in [0.05, 0.1) is 23.5 Å². The van der Waals surface area contributed by atoms with E-state index in [9.17, 15) is 18.3 Å². The molecule has 4 heterocycles. The summed E-state index contributed by atoms with van der Waals surface area (Å²) in [6.07, 6.45) is 5.61. The van der Waals surface area contributed by atoms with Gasteiger partial charge in [-0.25, -0.2) is 18.1 Å². The van der Waals surface area contributed by atoms with Crippen molar-refractivity contribution < 1.29 is 18.3 Å². The number of carboxylic acids is 1. The lowest BCUT2D eigenvalue weighted by Gasteiger charge is -2.36. The number of carboxylic acid groups (broad SMARTS) is 1. The molecule has 0 bridgehead atoms. The van der Waals surface area contributed by atoms with E-state index >= 15 is 0 Å². The molecular formula is C32H36N6O4S. The molecule has 4 aromatic rings. The molecule has 1 N–H and O–H groups in total. The smallest absolute Gasteiger partial charge is 0.304 e. The lowest BCUT2D eigenvalue weighted by molar-refractivity contribution is -0.137. The van der Waals surface area contributed by atoms with Gasteiger partial charge in [0, 0.05) is 31.7 Å². The average molecular weight is 601 g/mol. The summed E-state index contributed by atoms with van der Waals surface area (Å²) in [5.74, 6) is -0.802. The summed E-state index contributed by atoms with van der Waals surface area (Å²) in [7, 11) is -3.83. The molecule has 10 nitrogen and oxygen atoms in total. The van der Waals surface area contributed by atoms with Crippen molar-refractivity contribution >= 4 is 32.8 Å². The van der Waals surface area contributed by atoms with Gasteiger partial charge in [-0.2, -0.15) is 4.31 Å². The van der Waals surface area contributed by atoms with Gasteiger partial charge >= 0.3 is 5.97 Å². The van der Waals surface area contributed by atoms with E-state index in [2.05, 4.69) is 27.1 Å². The SMILES string of the molecule is Cc1ccc(C(CC(=O)O)c2ccc3c(nnn3C3CC3)c2C)cc1CN1C[C@]2(C)CCCN2c2ncccc2S1(=O)=O. The quantitative estimate of drug-likeness (QED) is 0.316. The fourth-order valence-corrected chi connectivity index (χ4v) is 8.73. The van der Waals surface area contributed by atoms with Gasteiger partial charge in [-0.3, -0.25) is 4.79 Å². The standard InChI is InChI=1S/C32H36N6O4S/c1-20-7-8-22(26(17-29(39)40)25-11-12-27-30(21(25)2)34-35-38(27)24-9-10-24)16-23(20)18-36-19-32(3)13-5-15-37(32)31-28(43(36,41)42)6-4-14-33-31/h4,6-8,11-12,14,16,24,26H,5,9-10,13,15,17-19H2,1-3H3,(H,39,40)/t26?,32-/m0/s1. The summed E-state index contributed by atoms with van der Waals surface area (Å²) in [6, 6.07) is 13.7. The van der Waals surface area contributed by atoms with E-state index in [1.165, 1.54) is 0 Å². The van der Waals surface area contributed by atoms with Crippen molar-refractivity contribution in [3.8, 4) is 0 Å². The number of pyridine rings is 1. The van der Waals surface area contributed by atoms with Crippen LogP contribution in [0.3, 0.4) is 0 Å². The minimum Gasteiger partial charge on any atom is -0.481 e. The Morgan fingerprint density at radius 2 is 1.98 bits per heavy atom. The second-order valence-corrected chi connectivity index (χ2v) is 14.5. The van der Waals surface area contributed by atoms with Crippen LogP contribution in [0.5, 0.6) is 0 Å². The first kappa shape index (κ1) is 28.0. The molecule has 1 saturated carbocycles. The van der Waals surface area contributed by atoms with E-state index < -0.39 is 21.9 Å². The molecule has 2 aliphatic heterocycles. The minimum absolute atomic E-state index is 0.0975. The molecule has 1 aliphatic carbocycles. The Hall–Kier alpha value is -3.83. The number of sulfonamides is 1. The maximum atomic E-state index is 14.1. The van der Waals surface area contributed by atoms with E-state index in [1.54, 1.807) is 22.6 Å². The fraction of sp³-hybridized carbons (Fsp3) is 0.438. The van der Waals surface area contributed by atoms with Crippen LogP contribution in [-0.4, -0.2) is 62.4 Å². The third-order valence-electron chi connectivity index (χ3n) is 9.60. The van der Waals surface area contributed by atoms with E-state index in [0.29, 0.717) is 18.4 Å². The first-order valence-corrected chi connectivity index (χ1v) is 16.4. The normalized spacial score (nSPS) is 22.3. The van der Waals surface area contributed by atoms with Crippen LogP contribution in [0.15, 0.2) is 53.6 Å². The zero-order valence-corrected chi connectivity index (χ0v) is 25.5. The number of anilines is 1. The summed E-state index contributed by atoms with van der Waals surface area (Å²) < 4.78 is 31.7. The van der Waals surface area contributed by atoms with Crippen LogP contribution in [0.1, 0.15) is 78.8 Å². The highest BCUT2D eigenvalue weighted by Gasteiger charge is 2.47. The number of aromatic nitrogens is 4. The van der Waals surface area contributed by atoms with Gasteiger partial charge in [0.25, 0.3) is 0 Å². The van der Waals surface area contributed by atoms with Gasteiger partial charge in [0.1, 0.15) is 16.2 Å². The highest BCUT2D eigenvalue weighted by Crippen LogP contribution is 2.43. The molecule has 2 fully saturated rings. The molecule has 0 radical (unpaired) electrons. The van der Waals surface area contributed by atoms with Crippen molar-refractivity contribution in [3.05, 3.63) is 76.5 Å². The Morgan fingerprint density at radius 1 is 1.16 bits per heavy atom. The largest absolute Gasteiger partial charge is 0.481 e. The van der Waals surface area contributed by atoms with Crippen molar-refractivity contribution in [1.82, 2.24) is 24.3 Å².